The number of carbonyl (C=O) groups is 1. The van der Waals surface area contributed by atoms with Gasteiger partial charge in [0.25, 0.3) is 0 Å². The van der Waals surface area contributed by atoms with Crippen molar-refractivity contribution in [2.24, 2.45) is 0 Å². The first kappa shape index (κ1) is 15.2. The number of aromatic nitrogens is 1. The number of nitrogens with zero attached hydrogens (tertiary/aromatic N) is 1. The summed E-state index contributed by atoms with van der Waals surface area (Å²) >= 11 is 1.50. The van der Waals surface area contributed by atoms with Gasteiger partial charge in [0.05, 0.1) is 17.9 Å². The second-order valence-corrected chi connectivity index (χ2v) is 5.65. The van der Waals surface area contributed by atoms with Crippen LogP contribution in [0.3, 0.4) is 0 Å². The van der Waals surface area contributed by atoms with Gasteiger partial charge in [0.15, 0.2) is 5.13 Å². The zero-order valence-electron chi connectivity index (χ0n) is 12.7. The van der Waals surface area contributed by atoms with E-state index in [0.717, 1.165) is 22.1 Å². The summed E-state index contributed by atoms with van der Waals surface area (Å²) in [6, 6.07) is 17.2. The number of hydrogen-bond donors (Lipinski definition) is 1. The van der Waals surface area contributed by atoms with E-state index in [-0.39, 0.29) is 5.97 Å². The number of thiazole rings is 1. The van der Waals surface area contributed by atoms with Crippen LogP contribution in [0.25, 0.3) is 11.3 Å². The van der Waals surface area contributed by atoms with Crippen molar-refractivity contribution in [2.45, 2.75) is 6.92 Å². The van der Waals surface area contributed by atoms with Gasteiger partial charge in [-0.2, -0.15) is 0 Å². The fraction of sp³-hybridized carbons (Fsp3) is 0.111. The van der Waals surface area contributed by atoms with Crippen molar-refractivity contribution in [1.82, 2.24) is 4.98 Å². The number of benzene rings is 2. The van der Waals surface area contributed by atoms with Crippen molar-refractivity contribution >= 4 is 28.1 Å². The monoisotopic (exact) mass is 324 g/mol. The summed E-state index contributed by atoms with van der Waals surface area (Å²) in [5, 5.41) is 5.98. The van der Waals surface area contributed by atoms with E-state index in [1.807, 2.05) is 53.9 Å². The molecule has 0 saturated heterocycles. The molecule has 0 aliphatic heterocycles. The molecule has 0 atom stereocenters. The van der Waals surface area contributed by atoms with E-state index in [9.17, 15) is 4.79 Å². The topological polar surface area (TPSA) is 51.2 Å². The quantitative estimate of drug-likeness (QED) is 0.689. The molecule has 0 unspecified atom stereocenters. The lowest BCUT2D eigenvalue weighted by atomic mass is 10.1. The molecule has 1 heterocycles. The van der Waals surface area contributed by atoms with Crippen molar-refractivity contribution in [2.75, 3.05) is 11.9 Å². The molecule has 0 radical (unpaired) electrons. The Labute approximate surface area is 138 Å². The SMILES string of the molecule is CCOC(=O)c1ccccc1-c1csc(Nc2ccccc2)n1. The fourth-order valence-electron chi connectivity index (χ4n) is 2.19. The molecule has 116 valence electrons. The van der Waals surface area contributed by atoms with Gasteiger partial charge >= 0.3 is 5.97 Å². The summed E-state index contributed by atoms with van der Waals surface area (Å²) in [5.74, 6) is -0.325. The molecule has 0 aliphatic carbocycles. The van der Waals surface area contributed by atoms with Gasteiger partial charge in [0, 0.05) is 16.6 Å². The van der Waals surface area contributed by atoms with Gasteiger partial charge in [-0.1, -0.05) is 36.4 Å². The van der Waals surface area contributed by atoms with Crippen molar-refractivity contribution < 1.29 is 9.53 Å². The average molecular weight is 324 g/mol. The molecule has 0 bridgehead atoms. The zero-order valence-corrected chi connectivity index (χ0v) is 13.5. The predicted molar refractivity (Wildman–Crippen MR) is 93.2 cm³/mol. The van der Waals surface area contributed by atoms with E-state index in [0.29, 0.717) is 12.2 Å². The molecule has 0 saturated carbocycles. The predicted octanol–water partition coefficient (Wildman–Crippen LogP) is 4.73. The Morgan fingerprint density at radius 3 is 2.65 bits per heavy atom. The lowest BCUT2D eigenvalue weighted by Crippen LogP contribution is -2.06. The van der Waals surface area contributed by atoms with E-state index in [2.05, 4.69) is 10.3 Å². The minimum Gasteiger partial charge on any atom is -0.462 e. The standard InChI is InChI=1S/C18H16N2O2S/c1-2-22-17(21)15-11-7-6-10-14(15)16-12-23-18(20-16)19-13-8-4-3-5-9-13/h3-12H,2H2,1H3,(H,19,20). The minimum atomic E-state index is -0.325. The Kier molecular flexibility index (Phi) is 4.68. The fourth-order valence-corrected chi connectivity index (χ4v) is 2.92. The maximum atomic E-state index is 12.1. The Hall–Kier alpha value is -2.66. The van der Waals surface area contributed by atoms with Crippen LogP contribution in [0, 0.1) is 0 Å². The molecule has 2 aromatic carbocycles. The van der Waals surface area contributed by atoms with E-state index >= 15 is 0 Å². The Bertz CT molecular complexity index is 800. The summed E-state index contributed by atoms with van der Waals surface area (Å²) in [7, 11) is 0. The van der Waals surface area contributed by atoms with Crippen LogP contribution in [0.15, 0.2) is 60.0 Å². The first-order valence-electron chi connectivity index (χ1n) is 7.32. The smallest absolute Gasteiger partial charge is 0.338 e. The van der Waals surface area contributed by atoms with Gasteiger partial charge in [-0.15, -0.1) is 11.3 Å². The van der Waals surface area contributed by atoms with Gasteiger partial charge < -0.3 is 10.1 Å². The molecule has 0 spiro atoms. The number of ether oxygens (including phenoxy) is 1. The molecule has 4 nitrogen and oxygen atoms in total. The molecule has 1 N–H and O–H groups in total. The van der Waals surface area contributed by atoms with E-state index in [1.54, 1.807) is 13.0 Å². The number of carbonyl (C=O) groups excluding carboxylic acids is 1. The van der Waals surface area contributed by atoms with Crippen LogP contribution < -0.4 is 5.32 Å². The number of para-hydroxylation sites is 1. The molecule has 5 heteroatoms. The van der Waals surface area contributed by atoms with Crippen molar-refractivity contribution in [3.05, 3.63) is 65.5 Å². The lowest BCUT2D eigenvalue weighted by molar-refractivity contribution is 0.0527. The van der Waals surface area contributed by atoms with Crippen LogP contribution in [0.5, 0.6) is 0 Å². The summed E-state index contributed by atoms with van der Waals surface area (Å²) in [6.45, 7) is 2.15. The summed E-state index contributed by atoms with van der Waals surface area (Å²) in [4.78, 5) is 16.7. The van der Waals surface area contributed by atoms with E-state index in [1.165, 1.54) is 11.3 Å². The first-order chi connectivity index (χ1) is 11.3. The van der Waals surface area contributed by atoms with Gasteiger partial charge in [0.1, 0.15) is 0 Å². The molecule has 3 rings (SSSR count). The maximum absolute atomic E-state index is 12.1. The van der Waals surface area contributed by atoms with Gasteiger partial charge in [-0.3, -0.25) is 0 Å². The van der Waals surface area contributed by atoms with Crippen LogP contribution in [0.2, 0.25) is 0 Å². The Morgan fingerprint density at radius 1 is 1.13 bits per heavy atom. The third-order valence-corrected chi connectivity index (χ3v) is 3.99. The second-order valence-electron chi connectivity index (χ2n) is 4.79. The molecular weight excluding hydrogens is 308 g/mol. The van der Waals surface area contributed by atoms with Crippen molar-refractivity contribution in [3.63, 3.8) is 0 Å². The molecular formula is C18H16N2O2S. The summed E-state index contributed by atoms with van der Waals surface area (Å²) in [5.41, 5.74) is 3.05. The highest BCUT2D eigenvalue weighted by Crippen LogP contribution is 2.29. The zero-order chi connectivity index (χ0) is 16.1. The van der Waals surface area contributed by atoms with Crippen LogP contribution in [0.1, 0.15) is 17.3 Å². The van der Waals surface area contributed by atoms with Gasteiger partial charge in [-0.05, 0) is 25.1 Å². The van der Waals surface area contributed by atoms with Crippen LogP contribution in [-0.2, 0) is 4.74 Å². The van der Waals surface area contributed by atoms with Gasteiger partial charge in [0.2, 0.25) is 0 Å². The van der Waals surface area contributed by atoms with Crippen molar-refractivity contribution in [1.29, 1.82) is 0 Å². The van der Waals surface area contributed by atoms with Crippen LogP contribution >= 0.6 is 11.3 Å². The average Bonchev–Trinajstić information content (AvgIpc) is 3.04. The normalized spacial score (nSPS) is 10.3. The maximum Gasteiger partial charge on any atom is 0.338 e. The highest BCUT2D eigenvalue weighted by Gasteiger charge is 2.15. The molecule has 23 heavy (non-hydrogen) atoms. The third kappa shape index (κ3) is 3.57. The van der Waals surface area contributed by atoms with Crippen LogP contribution in [-0.4, -0.2) is 17.6 Å². The number of anilines is 2. The van der Waals surface area contributed by atoms with E-state index in [4.69, 9.17) is 4.74 Å². The number of hydrogen-bond acceptors (Lipinski definition) is 5. The van der Waals surface area contributed by atoms with Crippen LogP contribution in [0.4, 0.5) is 10.8 Å². The summed E-state index contributed by atoms with van der Waals surface area (Å²) in [6.07, 6.45) is 0. The van der Waals surface area contributed by atoms with Crippen molar-refractivity contribution in [3.8, 4) is 11.3 Å². The highest BCUT2D eigenvalue weighted by atomic mass is 32.1. The lowest BCUT2D eigenvalue weighted by Gasteiger charge is -2.06. The minimum absolute atomic E-state index is 0.325. The molecule has 0 amide bonds. The number of esters is 1. The third-order valence-electron chi connectivity index (χ3n) is 3.23. The Morgan fingerprint density at radius 2 is 1.87 bits per heavy atom. The number of rotatable bonds is 5. The molecule has 0 fully saturated rings. The Balaban J connectivity index is 1.87. The molecule has 1 aromatic heterocycles. The highest BCUT2D eigenvalue weighted by molar-refractivity contribution is 7.14. The number of nitrogens with one attached hydrogen (secondary N) is 1. The largest absolute Gasteiger partial charge is 0.462 e. The van der Waals surface area contributed by atoms with Gasteiger partial charge in [-0.25, -0.2) is 9.78 Å². The van der Waals surface area contributed by atoms with E-state index < -0.39 is 0 Å². The summed E-state index contributed by atoms with van der Waals surface area (Å²) < 4.78 is 5.11. The molecule has 0 aliphatic rings. The second kappa shape index (κ2) is 7.07. The molecule has 3 aromatic rings. The first-order valence-corrected chi connectivity index (χ1v) is 8.20.